The number of alkyl halides is 3. The van der Waals surface area contributed by atoms with E-state index in [0.29, 0.717) is 0 Å². The average Bonchev–Trinajstić information content (AvgIpc) is 2.11. The number of halogens is 3. The van der Waals surface area contributed by atoms with E-state index in [2.05, 4.69) is 0 Å². The summed E-state index contributed by atoms with van der Waals surface area (Å²) < 4.78 is 58.0. The minimum Gasteiger partial charge on any atom is -0.480 e. The highest BCUT2D eigenvalue weighted by molar-refractivity contribution is 7.91. The molecule has 0 aliphatic rings. The third kappa shape index (κ3) is 7.87. The smallest absolute Gasteiger partial charge is 0.390 e. The molecule has 0 fully saturated rings. The van der Waals surface area contributed by atoms with Crippen molar-refractivity contribution in [2.75, 3.05) is 11.5 Å². The van der Waals surface area contributed by atoms with Crippen LogP contribution in [0.25, 0.3) is 0 Å². The molecular formula is C8H12F3NO5S. The van der Waals surface area contributed by atoms with Gasteiger partial charge in [0, 0.05) is 6.92 Å². The lowest BCUT2D eigenvalue weighted by molar-refractivity contribution is -0.140. The average molecular weight is 291 g/mol. The zero-order chi connectivity index (χ0) is 14.6. The number of carbonyl (C=O) groups is 2. The number of hydrogen-bond donors (Lipinski definition) is 2. The molecule has 0 heterocycles. The molecule has 0 spiro atoms. The SMILES string of the molecule is CC(=O)NC(CS(=O)(=O)CCC(F)(F)F)C(=O)O. The van der Waals surface area contributed by atoms with Crippen molar-refractivity contribution < 1.29 is 36.3 Å². The van der Waals surface area contributed by atoms with Crippen molar-refractivity contribution >= 4 is 21.7 Å². The summed E-state index contributed by atoms with van der Waals surface area (Å²) in [6, 6.07) is -1.75. The van der Waals surface area contributed by atoms with Crippen LogP contribution in [0.5, 0.6) is 0 Å². The van der Waals surface area contributed by atoms with Crippen LogP contribution in [0.1, 0.15) is 13.3 Å². The van der Waals surface area contributed by atoms with Gasteiger partial charge < -0.3 is 10.4 Å². The summed E-state index contributed by atoms with van der Waals surface area (Å²) in [4.78, 5) is 21.2. The lowest BCUT2D eigenvalue weighted by atomic mass is 10.3. The first-order valence-corrected chi connectivity index (χ1v) is 6.52. The van der Waals surface area contributed by atoms with Crippen LogP contribution in [-0.2, 0) is 19.4 Å². The first kappa shape index (κ1) is 16.7. The summed E-state index contributed by atoms with van der Waals surface area (Å²) in [7, 11) is -4.22. The highest BCUT2D eigenvalue weighted by Crippen LogP contribution is 2.20. The highest BCUT2D eigenvalue weighted by Gasteiger charge is 2.32. The van der Waals surface area contributed by atoms with Crippen molar-refractivity contribution in [3.8, 4) is 0 Å². The second-order valence-electron chi connectivity index (χ2n) is 3.57. The van der Waals surface area contributed by atoms with Gasteiger partial charge in [0.2, 0.25) is 5.91 Å². The molecule has 0 saturated heterocycles. The molecule has 1 unspecified atom stereocenters. The molecule has 0 aromatic heterocycles. The highest BCUT2D eigenvalue weighted by atomic mass is 32.2. The molecule has 0 aromatic rings. The Bertz CT molecular complexity index is 417. The first-order valence-electron chi connectivity index (χ1n) is 4.70. The Balaban J connectivity index is 4.62. The molecule has 0 bridgehead atoms. The Morgan fingerprint density at radius 3 is 2.17 bits per heavy atom. The van der Waals surface area contributed by atoms with Crippen LogP contribution in [0.2, 0.25) is 0 Å². The number of carboxylic acids is 1. The zero-order valence-electron chi connectivity index (χ0n) is 9.32. The Kier molecular flexibility index (Phi) is 5.58. The van der Waals surface area contributed by atoms with Gasteiger partial charge in [-0.25, -0.2) is 13.2 Å². The number of sulfone groups is 1. The second kappa shape index (κ2) is 6.03. The van der Waals surface area contributed by atoms with Gasteiger partial charge in [-0.3, -0.25) is 4.79 Å². The summed E-state index contributed by atoms with van der Waals surface area (Å²) in [5.41, 5.74) is 0. The van der Waals surface area contributed by atoms with Crippen molar-refractivity contribution in [3.05, 3.63) is 0 Å². The Morgan fingerprint density at radius 1 is 1.33 bits per heavy atom. The van der Waals surface area contributed by atoms with Gasteiger partial charge in [0.15, 0.2) is 9.84 Å². The topological polar surface area (TPSA) is 101 Å². The number of hydrogen-bond acceptors (Lipinski definition) is 4. The van der Waals surface area contributed by atoms with Crippen LogP contribution in [0.15, 0.2) is 0 Å². The molecule has 0 radical (unpaired) electrons. The number of carbonyl (C=O) groups excluding carboxylic acids is 1. The molecule has 10 heteroatoms. The zero-order valence-corrected chi connectivity index (χ0v) is 10.1. The maximum atomic E-state index is 11.8. The molecular weight excluding hydrogens is 279 g/mol. The van der Waals surface area contributed by atoms with Gasteiger partial charge >= 0.3 is 12.1 Å². The van der Waals surface area contributed by atoms with E-state index in [1.54, 1.807) is 0 Å². The molecule has 6 nitrogen and oxygen atoms in total. The van der Waals surface area contributed by atoms with E-state index in [1.165, 1.54) is 0 Å². The van der Waals surface area contributed by atoms with E-state index < -0.39 is 51.9 Å². The Morgan fingerprint density at radius 2 is 1.83 bits per heavy atom. The van der Waals surface area contributed by atoms with Crippen LogP contribution >= 0.6 is 0 Å². The standard InChI is InChI=1S/C8H12F3NO5S/c1-5(13)12-6(7(14)15)4-18(16,17)3-2-8(9,10)11/h6H,2-4H2,1H3,(H,12,13)(H,14,15). The molecule has 18 heavy (non-hydrogen) atoms. The monoisotopic (exact) mass is 291 g/mol. The fraction of sp³-hybridized carbons (Fsp3) is 0.750. The predicted molar refractivity (Wildman–Crippen MR) is 54.6 cm³/mol. The number of carboxylic acid groups (broad SMARTS) is 1. The molecule has 0 aromatic carbocycles. The van der Waals surface area contributed by atoms with Crippen LogP contribution in [0.4, 0.5) is 13.2 Å². The normalized spacial score (nSPS) is 14.0. The summed E-state index contributed by atoms with van der Waals surface area (Å²) in [5, 5.41) is 10.4. The first-order chi connectivity index (χ1) is 7.93. The van der Waals surface area contributed by atoms with Gasteiger partial charge in [-0.1, -0.05) is 0 Å². The third-order valence-corrected chi connectivity index (χ3v) is 3.46. The lowest BCUT2D eigenvalue weighted by Gasteiger charge is -2.14. The van der Waals surface area contributed by atoms with Crippen LogP contribution in [-0.4, -0.2) is 49.1 Å². The molecule has 0 saturated carbocycles. The molecule has 106 valence electrons. The molecule has 1 amide bonds. The van der Waals surface area contributed by atoms with E-state index in [4.69, 9.17) is 5.11 Å². The molecule has 2 N–H and O–H groups in total. The quantitative estimate of drug-likeness (QED) is 0.714. The van der Waals surface area contributed by atoms with Gasteiger partial charge in [0.05, 0.1) is 17.9 Å². The number of rotatable bonds is 6. The molecule has 0 rings (SSSR count). The molecule has 0 aliphatic heterocycles. The number of amides is 1. The van der Waals surface area contributed by atoms with E-state index in [0.717, 1.165) is 6.92 Å². The molecule has 0 aliphatic carbocycles. The van der Waals surface area contributed by atoms with Crippen molar-refractivity contribution in [1.82, 2.24) is 5.32 Å². The van der Waals surface area contributed by atoms with Crippen LogP contribution in [0.3, 0.4) is 0 Å². The third-order valence-electron chi connectivity index (χ3n) is 1.79. The van der Waals surface area contributed by atoms with E-state index in [-0.39, 0.29) is 0 Å². The maximum Gasteiger partial charge on any atom is 0.390 e. The van der Waals surface area contributed by atoms with E-state index in [9.17, 15) is 31.2 Å². The minimum atomic E-state index is -4.64. The van der Waals surface area contributed by atoms with Gasteiger partial charge in [-0.2, -0.15) is 13.2 Å². The minimum absolute atomic E-state index is 0.784. The Labute approximate surface area is 101 Å². The lowest BCUT2D eigenvalue weighted by Crippen LogP contribution is -2.45. The molecule has 1 atom stereocenters. The van der Waals surface area contributed by atoms with E-state index in [1.807, 2.05) is 5.32 Å². The van der Waals surface area contributed by atoms with Crippen molar-refractivity contribution in [2.24, 2.45) is 0 Å². The predicted octanol–water partition coefficient (Wildman–Crippen LogP) is -0.0571. The maximum absolute atomic E-state index is 11.8. The van der Waals surface area contributed by atoms with Gasteiger partial charge in [-0.05, 0) is 0 Å². The second-order valence-corrected chi connectivity index (χ2v) is 5.80. The van der Waals surface area contributed by atoms with E-state index >= 15 is 0 Å². The summed E-state index contributed by atoms with van der Waals surface area (Å²) in [6.07, 6.45) is -6.19. The van der Waals surface area contributed by atoms with Crippen LogP contribution < -0.4 is 5.32 Å². The summed E-state index contributed by atoms with van der Waals surface area (Å²) >= 11 is 0. The summed E-state index contributed by atoms with van der Waals surface area (Å²) in [5.74, 6) is -4.69. The van der Waals surface area contributed by atoms with Crippen molar-refractivity contribution in [3.63, 3.8) is 0 Å². The number of aliphatic carboxylic acids is 1. The fourth-order valence-corrected chi connectivity index (χ4v) is 2.47. The van der Waals surface area contributed by atoms with Gasteiger partial charge in [0.1, 0.15) is 6.04 Å². The summed E-state index contributed by atoms with van der Waals surface area (Å²) in [6.45, 7) is 0.971. The van der Waals surface area contributed by atoms with Gasteiger partial charge in [-0.15, -0.1) is 0 Å². The van der Waals surface area contributed by atoms with Crippen LogP contribution in [0, 0.1) is 0 Å². The fourth-order valence-electron chi connectivity index (χ4n) is 1.03. The van der Waals surface area contributed by atoms with Crippen molar-refractivity contribution in [2.45, 2.75) is 25.6 Å². The van der Waals surface area contributed by atoms with Gasteiger partial charge in [0.25, 0.3) is 0 Å². The Hall–Kier alpha value is -1.32. The number of nitrogens with one attached hydrogen (secondary N) is 1. The van der Waals surface area contributed by atoms with Crippen molar-refractivity contribution in [1.29, 1.82) is 0 Å². The largest absolute Gasteiger partial charge is 0.480 e.